The van der Waals surface area contributed by atoms with Crippen molar-refractivity contribution in [1.29, 1.82) is 0 Å². The van der Waals surface area contributed by atoms with E-state index in [1.165, 1.54) is 11.3 Å². The van der Waals surface area contributed by atoms with Gasteiger partial charge in [-0.3, -0.25) is 9.88 Å². The zero-order chi connectivity index (χ0) is 21.9. The van der Waals surface area contributed by atoms with Gasteiger partial charge in [-0.2, -0.15) is 0 Å². The highest BCUT2D eigenvalue weighted by Crippen LogP contribution is 2.32. The summed E-state index contributed by atoms with van der Waals surface area (Å²) in [7, 11) is 1.72. The molecule has 1 fully saturated rings. The number of nitrogens with zero attached hydrogens (tertiary/aromatic N) is 5. The second kappa shape index (κ2) is 9.25. The standard InChI is InChI=1S/C25H25ClN5O/c1-27-15-19-3-2-10-28-24(19)20-6-9-23-29-25(18-4-7-21(26)8-5-18)22(31(23)16-20)17-30-11-13-32-14-12-30/h2-4,6-7,9-10,16H,5,8,11-14,17H2,1H3/q+1. The highest BCUT2D eigenvalue weighted by Gasteiger charge is 2.22. The van der Waals surface area contributed by atoms with E-state index >= 15 is 0 Å². The molecule has 4 heterocycles. The summed E-state index contributed by atoms with van der Waals surface area (Å²) < 4.78 is 7.77. The van der Waals surface area contributed by atoms with Gasteiger partial charge in [0.1, 0.15) is 11.2 Å². The average molecular weight is 447 g/mol. The van der Waals surface area contributed by atoms with E-state index in [4.69, 9.17) is 21.3 Å². The van der Waals surface area contributed by atoms with Crippen LogP contribution in [0.3, 0.4) is 0 Å². The number of hydrogen-bond donors (Lipinski definition) is 0. The Labute approximate surface area is 192 Å². The average Bonchev–Trinajstić information content (AvgIpc) is 3.18. The molecular formula is C25H25ClN5O+. The van der Waals surface area contributed by atoms with Crippen LogP contribution in [0.2, 0.25) is 0 Å². The number of fused-ring (bicyclic) bond motifs is 1. The largest absolute Gasteiger partial charge is 0.379 e. The number of ether oxygens (including phenoxy) is 1. The Kier molecular flexibility index (Phi) is 6.04. The maximum Gasteiger partial charge on any atom is 0.312 e. The number of allylic oxidation sites excluding steroid dienone is 4. The van der Waals surface area contributed by atoms with E-state index in [0.29, 0.717) is 0 Å². The number of aromatic nitrogens is 3. The molecule has 2 aliphatic rings. The second-order valence-corrected chi connectivity index (χ2v) is 8.47. The van der Waals surface area contributed by atoms with Gasteiger partial charge in [-0.05, 0) is 48.8 Å². The van der Waals surface area contributed by atoms with Crippen LogP contribution in [0.5, 0.6) is 0 Å². The van der Waals surface area contributed by atoms with Gasteiger partial charge in [0.2, 0.25) is 0 Å². The lowest BCUT2D eigenvalue weighted by Crippen LogP contribution is -2.36. The van der Waals surface area contributed by atoms with Gasteiger partial charge in [0.25, 0.3) is 7.05 Å². The minimum absolute atomic E-state index is 0.766. The van der Waals surface area contributed by atoms with Gasteiger partial charge in [0, 0.05) is 42.6 Å². The molecule has 0 N–H and O–H groups in total. The summed E-state index contributed by atoms with van der Waals surface area (Å²) >= 11 is 6.22. The van der Waals surface area contributed by atoms with Crippen LogP contribution in [0.1, 0.15) is 29.8 Å². The highest BCUT2D eigenvalue weighted by atomic mass is 35.5. The number of pyridine rings is 2. The van der Waals surface area contributed by atoms with Crippen molar-refractivity contribution in [1.82, 2.24) is 19.3 Å². The molecule has 0 atom stereocenters. The summed E-state index contributed by atoms with van der Waals surface area (Å²) in [6, 6.07) is 11.1. The molecule has 5 rings (SSSR count). The summed E-state index contributed by atoms with van der Waals surface area (Å²) in [4.78, 5) is 16.1. The van der Waals surface area contributed by atoms with Crippen molar-refractivity contribution >= 4 is 22.8 Å². The Morgan fingerprint density at radius 1 is 1.12 bits per heavy atom. The molecule has 0 aromatic carbocycles. The van der Waals surface area contributed by atoms with Gasteiger partial charge in [-0.15, -0.1) is 0 Å². The maximum atomic E-state index is 6.22. The Morgan fingerprint density at radius 2 is 2.00 bits per heavy atom. The Bertz CT molecular complexity index is 1270. The maximum absolute atomic E-state index is 6.22. The van der Waals surface area contributed by atoms with Crippen LogP contribution >= 0.6 is 11.6 Å². The third-order valence-corrected chi connectivity index (χ3v) is 6.23. The Morgan fingerprint density at radius 3 is 2.78 bits per heavy atom. The van der Waals surface area contributed by atoms with Crippen molar-refractivity contribution in [2.24, 2.45) is 0 Å². The number of hydrogen-bond acceptors (Lipinski definition) is 4. The number of halogens is 1. The van der Waals surface area contributed by atoms with E-state index in [0.717, 1.165) is 78.9 Å². The molecule has 0 bridgehead atoms. The van der Waals surface area contributed by atoms with Crippen LogP contribution in [-0.2, 0) is 11.3 Å². The first-order valence-corrected chi connectivity index (χ1v) is 11.3. The van der Waals surface area contributed by atoms with Gasteiger partial charge < -0.3 is 9.14 Å². The first kappa shape index (κ1) is 20.9. The molecule has 32 heavy (non-hydrogen) atoms. The summed E-state index contributed by atoms with van der Waals surface area (Å²) in [5.41, 5.74) is 7.14. The molecule has 1 saturated heterocycles. The molecule has 3 aromatic rings. The normalized spacial score (nSPS) is 16.9. The molecule has 1 aliphatic heterocycles. The molecule has 3 aromatic heterocycles. The molecule has 0 unspecified atom stereocenters. The van der Waals surface area contributed by atoms with E-state index in [2.05, 4.69) is 49.6 Å². The number of morpholine rings is 1. The molecule has 0 radical (unpaired) electrons. The van der Waals surface area contributed by atoms with Crippen LogP contribution in [0.15, 0.2) is 53.8 Å². The van der Waals surface area contributed by atoms with E-state index < -0.39 is 0 Å². The van der Waals surface area contributed by atoms with Crippen molar-refractivity contribution in [2.75, 3.05) is 33.4 Å². The Balaban J connectivity index is 1.64. The molecule has 6 nitrogen and oxygen atoms in total. The fourth-order valence-corrected chi connectivity index (χ4v) is 4.43. The van der Waals surface area contributed by atoms with E-state index in [1.807, 2.05) is 18.2 Å². The fraction of sp³-hybridized carbons (Fsp3) is 0.320. The minimum atomic E-state index is 0.766. The lowest BCUT2D eigenvalue weighted by atomic mass is 10.0. The van der Waals surface area contributed by atoms with E-state index in [-0.39, 0.29) is 0 Å². The molecule has 0 saturated carbocycles. The molecule has 1 aliphatic carbocycles. The third kappa shape index (κ3) is 4.20. The van der Waals surface area contributed by atoms with Gasteiger partial charge in [0.05, 0.1) is 30.3 Å². The quantitative estimate of drug-likeness (QED) is 0.575. The summed E-state index contributed by atoms with van der Waals surface area (Å²) in [5, 5.41) is 0.894. The van der Waals surface area contributed by atoms with Crippen LogP contribution in [0.4, 0.5) is 0 Å². The van der Waals surface area contributed by atoms with Crippen molar-refractivity contribution in [3.63, 3.8) is 0 Å². The second-order valence-electron chi connectivity index (χ2n) is 7.98. The van der Waals surface area contributed by atoms with Crippen LogP contribution in [0.25, 0.3) is 27.3 Å². The lowest BCUT2D eigenvalue weighted by Gasteiger charge is -2.27. The minimum Gasteiger partial charge on any atom is -0.379 e. The van der Waals surface area contributed by atoms with Gasteiger partial charge in [-0.1, -0.05) is 22.5 Å². The van der Waals surface area contributed by atoms with E-state index in [1.54, 1.807) is 13.2 Å². The predicted octanol–water partition coefficient (Wildman–Crippen LogP) is 4.84. The van der Waals surface area contributed by atoms with Crippen molar-refractivity contribution in [2.45, 2.75) is 19.4 Å². The molecule has 0 spiro atoms. The summed E-state index contributed by atoms with van der Waals surface area (Å²) in [6.07, 6.45) is 9.80. The van der Waals surface area contributed by atoms with Crippen LogP contribution in [-0.4, -0.2) is 52.6 Å². The summed E-state index contributed by atoms with van der Waals surface area (Å²) in [6.45, 7) is 4.19. The zero-order valence-electron chi connectivity index (χ0n) is 18.1. The molecule has 7 heteroatoms. The van der Waals surface area contributed by atoms with Gasteiger partial charge in [-0.25, -0.2) is 4.98 Å². The van der Waals surface area contributed by atoms with Gasteiger partial charge in [0.15, 0.2) is 0 Å². The monoisotopic (exact) mass is 446 g/mol. The highest BCUT2D eigenvalue weighted by molar-refractivity contribution is 6.29. The van der Waals surface area contributed by atoms with Crippen molar-refractivity contribution < 1.29 is 4.74 Å². The fourth-order valence-electron chi connectivity index (χ4n) is 4.27. The lowest BCUT2D eigenvalue weighted by molar-refractivity contribution is 0.0335. The van der Waals surface area contributed by atoms with E-state index in [9.17, 15) is 0 Å². The SMILES string of the molecule is C[N+]#Cc1cccnc1-c1ccc2nc(C3=CC=C(Cl)CC3)c(CN3CCOCC3)n2c1. The third-order valence-electron chi connectivity index (χ3n) is 5.91. The van der Waals surface area contributed by atoms with Crippen molar-refractivity contribution in [3.8, 4) is 17.3 Å². The van der Waals surface area contributed by atoms with Gasteiger partial charge >= 0.3 is 6.07 Å². The van der Waals surface area contributed by atoms with Crippen molar-refractivity contribution in [3.05, 3.63) is 75.6 Å². The molecular weight excluding hydrogens is 422 g/mol. The first-order valence-electron chi connectivity index (χ1n) is 10.9. The summed E-state index contributed by atoms with van der Waals surface area (Å²) in [5.74, 6) is 0. The topological polar surface area (TPSA) is 47.0 Å². The molecule has 0 amide bonds. The Hall–Kier alpha value is -2.98. The zero-order valence-corrected chi connectivity index (χ0v) is 18.8. The van der Waals surface area contributed by atoms with Crippen LogP contribution in [0, 0.1) is 6.07 Å². The number of rotatable bonds is 4. The number of imidazole rings is 1. The predicted molar refractivity (Wildman–Crippen MR) is 128 cm³/mol. The van der Waals surface area contributed by atoms with Crippen LogP contribution < -0.4 is 0 Å². The smallest absolute Gasteiger partial charge is 0.312 e. The first-order chi connectivity index (χ1) is 15.7. The molecule has 162 valence electrons.